The minimum atomic E-state index is -3.32. The second-order valence-corrected chi connectivity index (χ2v) is 14.8. The average Bonchev–Trinajstić information content (AvgIpc) is 3.62. The summed E-state index contributed by atoms with van der Waals surface area (Å²) in [6.45, 7) is 3.38. The van der Waals surface area contributed by atoms with Crippen molar-refractivity contribution < 1.29 is 17.7 Å². The summed E-state index contributed by atoms with van der Waals surface area (Å²) in [6, 6.07) is 12.9. The highest BCUT2D eigenvalue weighted by atomic mass is 32.2. The van der Waals surface area contributed by atoms with Crippen molar-refractivity contribution in [3.05, 3.63) is 53.4 Å². The molecule has 6 atom stereocenters. The molecular formula is C29H38N4O4S. The summed E-state index contributed by atoms with van der Waals surface area (Å²) in [5.74, 6) is 2.10. The van der Waals surface area contributed by atoms with Gasteiger partial charge < -0.3 is 15.2 Å². The van der Waals surface area contributed by atoms with E-state index < -0.39 is 14.8 Å². The van der Waals surface area contributed by atoms with Gasteiger partial charge in [-0.2, -0.15) is 0 Å². The number of nitrogens with one attached hydrogen (secondary N) is 2. The van der Waals surface area contributed by atoms with Crippen LogP contribution in [0.4, 0.5) is 0 Å². The normalized spacial score (nSPS) is 34.0. The highest BCUT2D eigenvalue weighted by Gasteiger charge is 2.73. The molecule has 2 aromatic rings. The number of piperidine rings is 1. The van der Waals surface area contributed by atoms with Gasteiger partial charge in [0, 0.05) is 43.2 Å². The van der Waals surface area contributed by atoms with Gasteiger partial charge in [-0.15, -0.1) is 0 Å². The average molecular weight is 539 g/mol. The van der Waals surface area contributed by atoms with E-state index in [4.69, 9.17) is 4.52 Å². The minimum Gasteiger partial charge on any atom is -0.360 e. The molecular weight excluding hydrogens is 500 g/mol. The molecule has 1 saturated heterocycles. The highest BCUT2D eigenvalue weighted by molar-refractivity contribution is 7.90. The zero-order valence-corrected chi connectivity index (χ0v) is 22.8. The van der Waals surface area contributed by atoms with Gasteiger partial charge in [0.25, 0.3) is 5.91 Å². The molecule has 1 amide bonds. The summed E-state index contributed by atoms with van der Waals surface area (Å²) in [7, 11) is -3.32. The third-order valence-electron chi connectivity index (χ3n) is 10.2. The van der Waals surface area contributed by atoms with Gasteiger partial charge in [0.1, 0.15) is 5.76 Å². The van der Waals surface area contributed by atoms with Crippen LogP contribution in [0.5, 0.6) is 0 Å². The van der Waals surface area contributed by atoms with Crippen LogP contribution in [0.15, 0.2) is 40.9 Å². The van der Waals surface area contributed by atoms with E-state index in [2.05, 4.69) is 47.0 Å². The van der Waals surface area contributed by atoms with Gasteiger partial charge in [0.05, 0.1) is 4.75 Å². The summed E-state index contributed by atoms with van der Waals surface area (Å²) >= 11 is 0. The van der Waals surface area contributed by atoms with Crippen LogP contribution in [-0.2, 0) is 10.0 Å². The molecule has 3 unspecified atom stereocenters. The molecule has 0 radical (unpaired) electrons. The van der Waals surface area contributed by atoms with E-state index in [0.29, 0.717) is 42.6 Å². The van der Waals surface area contributed by atoms with Crippen molar-refractivity contribution in [2.75, 3.05) is 13.1 Å². The van der Waals surface area contributed by atoms with Crippen LogP contribution < -0.4 is 10.6 Å². The van der Waals surface area contributed by atoms with Gasteiger partial charge in [-0.3, -0.25) is 4.79 Å². The molecule has 2 N–H and O–H groups in total. The summed E-state index contributed by atoms with van der Waals surface area (Å²) in [5.41, 5.74) is 1.63. The van der Waals surface area contributed by atoms with Gasteiger partial charge in [0.2, 0.25) is 10.0 Å². The maximum absolute atomic E-state index is 13.9. The molecule has 1 aromatic carbocycles. The maximum atomic E-state index is 13.9. The third kappa shape index (κ3) is 4.04. The smallest absolute Gasteiger partial charge is 0.273 e. The van der Waals surface area contributed by atoms with Crippen molar-refractivity contribution in [3.8, 4) is 0 Å². The van der Waals surface area contributed by atoms with Crippen molar-refractivity contribution in [2.45, 2.75) is 87.1 Å². The van der Waals surface area contributed by atoms with E-state index in [-0.39, 0.29) is 23.9 Å². The Bertz CT molecular complexity index is 1280. The molecule has 0 bridgehead atoms. The van der Waals surface area contributed by atoms with Crippen LogP contribution in [-0.4, -0.2) is 53.7 Å². The first kappa shape index (κ1) is 24.8. The van der Waals surface area contributed by atoms with E-state index in [1.54, 1.807) is 10.4 Å². The largest absolute Gasteiger partial charge is 0.360 e. The Morgan fingerprint density at radius 2 is 1.74 bits per heavy atom. The number of carbonyl (C=O) groups excluding carboxylic acids is 1. The number of hydrogen-bond donors (Lipinski definition) is 2. The fourth-order valence-electron chi connectivity index (χ4n) is 8.13. The number of sulfonamides is 1. The van der Waals surface area contributed by atoms with Crippen LogP contribution >= 0.6 is 0 Å². The van der Waals surface area contributed by atoms with Crippen LogP contribution in [0.3, 0.4) is 0 Å². The second-order valence-electron chi connectivity index (χ2n) is 12.5. The SMILES string of the molecule is C[C@@H](NC1CCN(S(=O)(=O)C23C[C@H]4CC(NC(=O)c5cc(C6CC6)on5)C[C@@H](C2)C43)CC1)c1ccccc1. The number of benzene rings is 1. The lowest BCUT2D eigenvalue weighted by molar-refractivity contribution is -0.108. The predicted molar refractivity (Wildman–Crippen MR) is 143 cm³/mol. The lowest BCUT2D eigenvalue weighted by Crippen LogP contribution is -2.75. The fourth-order valence-corrected chi connectivity index (χ4v) is 10.9. The first-order valence-electron chi connectivity index (χ1n) is 14.4. The van der Waals surface area contributed by atoms with Crippen LogP contribution in [0.25, 0.3) is 0 Å². The van der Waals surface area contributed by atoms with Crippen LogP contribution in [0, 0.1) is 17.8 Å². The summed E-state index contributed by atoms with van der Waals surface area (Å²) in [6.07, 6.45) is 7.12. The summed E-state index contributed by atoms with van der Waals surface area (Å²) in [5, 5.41) is 10.8. The number of aromatic nitrogens is 1. The van der Waals surface area contributed by atoms with Crippen molar-refractivity contribution in [3.63, 3.8) is 0 Å². The highest BCUT2D eigenvalue weighted by Crippen LogP contribution is 2.69. The Morgan fingerprint density at radius 3 is 2.39 bits per heavy atom. The molecule has 204 valence electrons. The molecule has 7 rings (SSSR count). The Morgan fingerprint density at radius 1 is 1.05 bits per heavy atom. The van der Waals surface area contributed by atoms with Gasteiger partial charge in [-0.05, 0) is 81.6 Å². The molecule has 4 aliphatic carbocycles. The molecule has 2 heterocycles. The van der Waals surface area contributed by atoms with Crippen LogP contribution in [0.2, 0.25) is 0 Å². The van der Waals surface area contributed by atoms with Gasteiger partial charge in [-0.1, -0.05) is 35.5 Å². The van der Waals surface area contributed by atoms with Crippen molar-refractivity contribution in [1.82, 2.24) is 20.1 Å². The third-order valence-corrected chi connectivity index (χ3v) is 12.9. The number of rotatable bonds is 8. The minimum absolute atomic E-state index is 0.0873. The lowest BCUT2D eigenvalue weighted by atomic mass is 9.42. The molecule has 1 aromatic heterocycles. The fraction of sp³-hybridized carbons (Fsp3) is 0.655. The molecule has 5 fully saturated rings. The maximum Gasteiger partial charge on any atom is 0.273 e. The monoisotopic (exact) mass is 538 g/mol. The number of carbonyl (C=O) groups is 1. The first-order valence-corrected chi connectivity index (χ1v) is 15.9. The van der Waals surface area contributed by atoms with E-state index >= 15 is 0 Å². The van der Waals surface area contributed by atoms with Crippen molar-refractivity contribution >= 4 is 15.9 Å². The number of hydrogen-bond acceptors (Lipinski definition) is 6. The summed E-state index contributed by atoms with van der Waals surface area (Å²) < 4.78 is 34.3. The van der Waals surface area contributed by atoms with Gasteiger partial charge >= 0.3 is 0 Å². The Balaban J connectivity index is 0.927. The molecule has 5 aliphatic rings. The standard InChI is InChI=1S/C29H38N4O4S/c1-18(19-5-3-2-4-6-19)30-23-9-11-33(12-10-23)38(35,36)29-16-21-13-24(14-22(17-29)27(21)29)31-28(34)25-15-26(37-32-25)20-7-8-20/h2-6,15,18,20-24,27,30H,7-14,16-17H2,1H3,(H,31,34)/t18-,21-,22+,24?,27?,29?/m1/s1. The van der Waals surface area contributed by atoms with E-state index in [9.17, 15) is 13.2 Å². The van der Waals surface area contributed by atoms with E-state index in [1.807, 2.05) is 6.07 Å². The molecule has 1 aliphatic heterocycles. The van der Waals surface area contributed by atoms with E-state index in [1.165, 1.54) is 5.56 Å². The van der Waals surface area contributed by atoms with Crippen molar-refractivity contribution in [1.29, 1.82) is 0 Å². The first-order chi connectivity index (χ1) is 18.3. The Kier molecular flexibility index (Phi) is 5.98. The zero-order valence-electron chi connectivity index (χ0n) is 22.0. The molecule has 38 heavy (non-hydrogen) atoms. The Hall–Kier alpha value is -2.23. The zero-order chi connectivity index (χ0) is 26.1. The van der Waals surface area contributed by atoms with Gasteiger partial charge in [0.15, 0.2) is 5.69 Å². The molecule has 0 spiro atoms. The van der Waals surface area contributed by atoms with E-state index in [0.717, 1.165) is 57.1 Å². The number of nitrogens with zero attached hydrogens (tertiary/aromatic N) is 2. The quantitative estimate of drug-likeness (QED) is 0.527. The summed E-state index contributed by atoms with van der Waals surface area (Å²) in [4.78, 5) is 12.8. The molecule has 9 heteroatoms. The second kappa shape index (κ2) is 9.17. The Labute approximate surface area is 225 Å². The van der Waals surface area contributed by atoms with Crippen LogP contribution in [0.1, 0.15) is 92.1 Å². The molecule has 4 saturated carbocycles. The molecule has 8 nitrogen and oxygen atoms in total. The van der Waals surface area contributed by atoms with Crippen molar-refractivity contribution in [2.24, 2.45) is 17.8 Å². The van der Waals surface area contributed by atoms with Gasteiger partial charge in [-0.25, -0.2) is 12.7 Å². The lowest BCUT2D eigenvalue weighted by Gasteiger charge is -2.70. The topological polar surface area (TPSA) is 105 Å². The number of amides is 1. The predicted octanol–water partition coefficient (Wildman–Crippen LogP) is 3.98.